The zero-order chi connectivity index (χ0) is 45.1. The normalized spacial score (nSPS) is 20.0. The summed E-state index contributed by atoms with van der Waals surface area (Å²) in [5.41, 5.74) is 2.34. The Morgan fingerprint density at radius 1 is 1.13 bits per heavy atom. The van der Waals surface area contributed by atoms with Gasteiger partial charge in [0.15, 0.2) is 22.9 Å². The minimum Gasteiger partial charge on any atom is -0.485 e. The molecular weight excluding hydrogens is 839 g/mol. The molecule has 61 heavy (non-hydrogen) atoms. The summed E-state index contributed by atoms with van der Waals surface area (Å²) in [6, 6.07) is 4.26. The quantitative estimate of drug-likeness (QED) is 0.0397. The first-order valence-corrected chi connectivity index (χ1v) is 21.6. The Morgan fingerprint density at radius 2 is 1.84 bits per heavy atom. The van der Waals surface area contributed by atoms with Crippen molar-refractivity contribution >= 4 is 68.0 Å². The third-order valence-electron chi connectivity index (χ3n) is 9.28. The lowest BCUT2D eigenvalue weighted by molar-refractivity contribution is -0.218. The number of carbonyl (C=O) groups excluding carboxylic acids is 4. The number of benzene rings is 1. The highest BCUT2D eigenvalue weighted by atomic mass is 32.3. The Kier molecular flexibility index (Phi) is 13.7. The van der Waals surface area contributed by atoms with Crippen LogP contribution in [-0.2, 0) is 49.8 Å². The van der Waals surface area contributed by atoms with Crippen LogP contribution in [0.25, 0.3) is 5.57 Å². The van der Waals surface area contributed by atoms with Crippen LogP contribution < -0.4 is 31.7 Å². The number of carbonyl (C=O) groups is 4. The summed E-state index contributed by atoms with van der Waals surface area (Å²) in [4.78, 5) is 68.5. The van der Waals surface area contributed by atoms with Gasteiger partial charge in [0.05, 0.1) is 5.54 Å². The third-order valence-corrected chi connectivity index (χ3v) is 10.4. The Morgan fingerprint density at radius 3 is 2.44 bits per heavy atom. The van der Waals surface area contributed by atoms with E-state index in [0.717, 1.165) is 34.5 Å². The molecular formula is C38H53N9O12S2. The van der Waals surface area contributed by atoms with Gasteiger partial charge in [-0.1, -0.05) is 11.2 Å². The molecule has 3 amide bonds. The molecule has 23 heteroatoms. The number of guanidine groups is 1. The number of fused-ring (bicyclic) bond motifs is 1. The number of hydroxylamine groups is 2. The van der Waals surface area contributed by atoms with Crippen LogP contribution >= 0.6 is 11.3 Å². The van der Waals surface area contributed by atoms with Crippen LogP contribution in [0.3, 0.4) is 0 Å². The number of nitrogens with two attached hydrogens (primary N) is 1. The van der Waals surface area contributed by atoms with Crippen LogP contribution in [0.2, 0.25) is 0 Å². The first-order chi connectivity index (χ1) is 28.3. The van der Waals surface area contributed by atoms with Crippen molar-refractivity contribution in [3.05, 3.63) is 46.6 Å². The SMILES string of the molecule is CC(C)(C)OC(=O)Nc1nc(/C(=N/OC(C)(C(=O)OC(C)(C)C)C2CCc3cc(C4=CN=C(NCCCN)NC4)ccc3O2)C(=O)NC2C(=O)N(OS(=O)(=O)O)C2(C)C)cs1. The Labute approximate surface area is 357 Å². The van der Waals surface area contributed by atoms with E-state index in [9.17, 15) is 32.1 Å². The molecule has 2 aromatic rings. The number of rotatable bonds is 14. The molecule has 1 aromatic heterocycles. The summed E-state index contributed by atoms with van der Waals surface area (Å²) in [5.74, 6) is -1.77. The predicted octanol–water partition coefficient (Wildman–Crippen LogP) is 2.78. The molecule has 3 atom stereocenters. The van der Waals surface area contributed by atoms with Gasteiger partial charge in [0.1, 0.15) is 28.7 Å². The molecule has 21 nitrogen and oxygen atoms in total. The molecule has 0 saturated carbocycles. The predicted molar refractivity (Wildman–Crippen MR) is 224 cm³/mol. The van der Waals surface area contributed by atoms with E-state index < -0.39 is 74.5 Å². The number of aliphatic imine (C=N–C) groups is 1. The van der Waals surface area contributed by atoms with Crippen molar-refractivity contribution < 1.29 is 55.5 Å². The van der Waals surface area contributed by atoms with Crippen LogP contribution in [-0.4, -0.2) is 113 Å². The van der Waals surface area contributed by atoms with Gasteiger partial charge in [-0.05, 0) is 117 Å². The first kappa shape index (κ1) is 46.7. The van der Waals surface area contributed by atoms with E-state index in [-0.39, 0.29) is 17.2 Å². The lowest BCUT2D eigenvalue weighted by Crippen LogP contribution is -2.76. The second-order valence-electron chi connectivity index (χ2n) is 17.0. The molecule has 0 aliphatic carbocycles. The fourth-order valence-corrected chi connectivity index (χ4v) is 7.32. The van der Waals surface area contributed by atoms with Gasteiger partial charge in [-0.3, -0.25) is 19.5 Å². The van der Waals surface area contributed by atoms with Crippen molar-refractivity contribution in [1.82, 2.24) is 26.0 Å². The van der Waals surface area contributed by atoms with Gasteiger partial charge in [0.2, 0.25) is 0 Å². The summed E-state index contributed by atoms with van der Waals surface area (Å²) >= 11 is 0.911. The minimum absolute atomic E-state index is 0.00483. The number of oxime groups is 1. The Hall–Kier alpha value is -5.36. The van der Waals surface area contributed by atoms with Crippen LogP contribution in [0.1, 0.15) is 92.0 Å². The summed E-state index contributed by atoms with van der Waals surface area (Å²) in [6.45, 7) is 16.0. The molecule has 0 bridgehead atoms. The summed E-state index contributed by atoms with van der Waals surface area (Å²) in [6.07, 6.45) is 1.48. The van der Waals surface area contributed by atoms with Gasteiger partial charge in [0, 0.05) is 24.7 Å². The van der Waals surface area contributed by atoms with Crippen LogP contribution in [0.15, 0.2) is 39.9 Å². The van der Waals surface area contributed by atoms with E-state index >= 15 is 0 Å². The van der Waals surface area contributed by atoms with Crippen LogP contribution in [0.4, 0.5) is 9.93 Å². The standard InChI is InChI=1S/C38H53N9O12S2/c1-35(2,3)56-31(50)38(9,26-14-12-22-17-21(11-13-25(22)55-26)23-18-41-32(42-19-23)40-16-10-15-39)58-46-27(24-20-60-33(43-24)45-34(51)57-36(4,5)6)29(48)44-28-30(49)47(37(28,7)8)59-61(52,53)54/h11,13,17-18,20,26,28H,10,12,14-16,19,39H2,1-9H3,(H,44,48)(H2,40,41,42)(H,43,45,51)(H,52,53,54)/b46-27-. The number of thiazole rings is 1. The van der Waals surface area contributed by atoms with Gasteiger partial charge >= 0.3 is 22.5 Å². The first-order valence-electron chi connectivity index (χ1n) is 19.3. The maximum atomic E-state index is 14.1. The molecule has 5 rings (SSSR count). The average Bonchev–Trinajstić information content (AvgIpc) is 3.61. The molecule has 1 aromatic carbocycles. The van der Waals surface area contributed by atoms with Crippen molar-refractivity contribution in [3.63, 3.8) is 0 Å². The van der Waals surface area contributed by atoms with E-state index in [1.807, 2.05) is 12.1 Å². The number of nitrogens with one attached hydrogen (secondary N) is 4. The average molecular weight is 892 g/mol. The number of aryl methyl sites for hydroxylation is 1. The maximum absolute atomic E-state index is 14.1. The number of anilines is 1. The molecule has 0 spiro atoms. The van der Waals surface area contributed by atoms with Gasteiger partial charge in [-0.15, -0.1) is 15.6 Å². The summed E-state index contributed by atoms with van der Waals surface area (Å²) < 4.78 is 53.9. The van der Waals surface area contributed by atoms with Crippen LogP contribution in [0, 0.1) is 0 Å². The number of nitrogens with zero attached hydrogens (tertiary/aromatic N) is 4. The van der Waals surface area contributed by atoms with E-state index in [1.165, 1.54) is 26.2 Å². The largest absolute Gasteiger partial charge is 0.485 e. The van der Waals surface area contributed by atoms with E-state index in [0.29, 0.717) is 42.8 Å². The zero-order valence-electron chi connectivity index (χ0n) is 35.4. The topological polar surface area (TPSA) is 284 Å². The van der Waals surface area contributed by atoms with Crippen molar-refractivity contribution in [2.24, 2.45) is 15.9 Å². The minimum atomic E-state index is -5.08. The number of ether oxygens (including phenoxy) is 3. The van der Waals surface area contributed by atoms with Gasteiger partial charge in [0.25, 0.3) is 17.4 Å². The van der Waals surface area contributed by atoms with Crippen molar-refractivity contribution in [1.29, 1.82) is 0 Å². The zero-order valence-corrected chi connectivity index (χ0v) is 37.0. The molecule has 3 unspecified atom stereocenters. The number of esters is 1. The van der Waals surface area contributed by atoms with Gasteiger partial charge in [-0.2, -0.15) is 13.5 Å². The van der Waals surface area contributed by atoms with Crippen molar-refractivity contribution in [3.8, 4) is 5.75 Å². The Balaban J connectivity index is 1.45. The second kappa shape index (κ2) is 17.9. The summed E-state index contributed by atoms with van der Waals surface area (Å²) in [5, 5.41) is 17.4. The number of hydrogen-bond acceptors (Lipinski definition) is 18. The number of amides is 3. The number of hydrogen-bond donors (Lipinski definition) is 6. The highest BCUT2D eigenvalue weighted by molar-refractivity contribution is 7.80. The van der Waals surface area contributed by atoms with Crippen LogP contribution in [0.5, 0.6) is 5.75 Å². The lowest BCUT2D eigenvalue weighted by atomic mass is 9.84. The molecule has 334 valence electrons. The number of β-lactam (4-membered cyclic amide) rings is 1. The highest BCUT2D eigenvalue weighted by Crippen LogP contribution is 2.37. The molecule has 1 fully saturated rings. The molecule has 4 heterocycles. The maximum Gasteiger partial charge on any atom is 0.418 e. The lowest BCUT2D eigenvalue weighted by Gasteiger charge is -2.50. The van der Waals surface area contributed by atoms with E-state index in [1.54, 1.807) is 53.8 Å². The monoisotopic (exact) mass is 891 g/mol. The molecule has 3 aliphatic heterocycles. The second-order valence-corrected chi connectivity index (χ2v) is 18.9. The molecule has 1 saturated heterocycles. The number of aromatic nitrogens is 1. The van der Waals surface area contributed by atoms with Gasteiger partial charge in [-0.25, -0.2) is 19.6 Å². The van der Waals surface area contributed by atoms with Crippen molar-refractivity contribution in [2.45, 2.75) is 116 Å². The highest BCUT2D eigenvalue weighted by Gasteiger charge is 2.58. The fraction of sp³-hybridized carbons (Fsp3) is 0.553. The van der Waals surface area contributed by atoms with Gasteiger partial charge < -0.3 is 40.7 Å². The molecule has 3 aliphatic rings. The Bertz CT molecular complexity index is 2230. The van der Waals surface area contributed by atoms with E-state index in [4.69, 9.17) is 24.8 Å². The summed E-state index contributed by atoms with van der Waals surface area (Å²) in [7, 11) is -5.08. The smallest absolute Gasteiger partial charge is 0.418 e. The molecule has 7 N–H and O–H groups in total. The fourth-order valence-electron chi connectivity index (χ4n) is 6.18. The van der Waals surface area contributed by atoms with E-state index in [2.05, 4.69) is 40.7 Å². The molecule has 0 radical (unpaired) electrons. The third kappa shape index (κ3) is 11.7. The van der Waals surface area contributed by atoms with Crippen molar-refractivity contribution in [2.75, 3.05) is 25.0 Å².